The SMILES string of the molecule is CC(C)(C)OC(=O)NCC(=O)N1CCCC1C(=O)NCC(=O)OCc1ccccc1. The van der Waals surface area contributed by atoms with E-state index in [1.165, 1.54) is 4.90 Å². The molecule has 2 rings (SSSR count). The van der Waals surface area contributed by atoms with Crippen LogP contribution in [0.15, 0.2) is 30.3 Å². The van der Waals surface area contributed by atoms with E-state index < -0.39 is 29.6 Å². The Morgan fingerprint density at radius 3 is 2.43 bits per heavy atom. The lowest BCUT2D eigenvalue weighted by atomic mass is 10.2. The first kappa shape index (κ1) is 23.2. The lowest BCUT2D eigenvalue weighted by molar-refractivity contribution is -0.146. The summed E-state index contributed by atoms with van der Waals surface area (Å²) < 4.78 is 10.2. The molecular weight excluding hydrogens is 390 g/mol. The first-order valence-corrected chi connectivity index (χ1v) is 9.89. The molecule has 30 heavy (non-hydrogen) atoms. The van der Waals surface area contributed by atoms with Crippen molar-refractivity contribution in [1.29, 1.82) is 0 Å². The van der Waals surface area contributed by atoms with E-state index in [1.807, 2.05) is 30.3 Å². The van der Waals surface area contributed by atoms with Crippen molar-refractivity contribution in [2.24, 2.45) is 0 Å². The average molecular weight is 419 g/mol. The molecule has 1 heterocycles. The normalized spacial score (nSPS) is 16.0. The predicted octanol–water partition coefficient (Wildman–Crippen LogP) is 1.36. The number of carbonyl (C=O) groups is 4. The van der Waals surface area contributed by atoms with Gasteiger partial charge in [-0.1, -0.05) is 30.3 Å². The van der Waals surface area contributed by atoms with Gasteiger partial charge in [-0.25, -0.2) is 4.79 Å². The molecule has 1 saturated heterocycles. The third-order valence-corrected chi connectivity index (χ3v) is 4.31. The van der Waals surface area contributed by atoms with E-state index in [2.05, 4.69) is 10.6 Å². The number of rotatable bonds is 7. The maximum Gasteiger partial charge on any atom is 0.408 e. The van der Waals surface area contributed by atoms with Crippen LogP contribution < -0.4 is 10.6 Å². The summed E-state index contributed by atoms with van der Waals surface area (Å²) in [5.41, 5.74) is 0.181. The summed E-state index contributed by atoms with van der Waals surface area (Å²) in [5.74, 6) is -1.37. The zero-order valence-corrected chi connectivity index (χ0v) is 17.6. The lowest BCUT2D eigenvalue weighted by Crippen LogP contribution is -2.50. The Kier molecular flexibility index (Phi) is 8.20. The fourth-order valence-electron chi connectivity index (χ4n) is 2.97. The smallest absolute Gasteiger partial charge is 0.408 e. The summed E-state index contributed by atoms with van der Waals surface area (Å²) in [6, 6.07) is 8.53. The number of carbonyl (C=O) groups excluding carboxylic acids is 4. The number of ether oxygens (including phenoxy) is 2. The highest BCUT2D eigenvalue weighted by atomic mass is 16.6. The Labute approximate surface area is 176 Å². The number of benzene rings is 1. The van der Waals surface area contributed by atoms with Crippen molar-refractivity contribution in [1.82, 2.24) is 15.5 Å². The van der Waals surface area contributed by atoms with Crippen LogP contribution in [0.3, 0.4) is 0 Å². The molecule has 1 aromatic carbocycles. The second-order valence-electron chi connectivity index (χ2n) is 7.96. The van der Waals surface area contributed by atoms with Crippen LogP contribution in [0.5, 0.6) is 0 Å². The summed E-state index contributed by atoms with van der Waals surface area (Å²) in [6.07, 6.45) is 0.454. The van der Waals surface area contributed by atoms with E-state index in [-0.39, 0.29) is 25.6 Å². The number of hydrogen-bond donors (Lipinski definition) is 2. The number of nitrogens with zero attached hydrogens (tertiary/aromatic N) is 1. The van der Waals surface area contributed by atoms with Gasteiger partial charge in [0.25, 0.3) is 0 Å². The zero-order chi connectivity index (χ0) is 22.1. The molecule has 2 N–H and O–H groups in total. The van der Waals surface area contributed by atoms with Crippen LogP contribution in [0.2, 0.25) is 0 Å². The second kappa shape index (κ2) is 10.6. The maximum absolute atomic E-state index is 12.4. The molecule has 9 nitrogen and oxygen atoms in total. The molecule has 1 fully saturated rings. The number of esters is 1. The van der Waals surface area contributed by atoms with Crippen molar-refractivity contribution in [2.45, 2.75) is 51.9 Å². The standard InChI is InChI=1S/C21H29N3O6/c1-21(2,3)30-20(28)23-12-17(25)24-11-7-10-16(24)19(27)22-13-18(26)29-14-15-8-5-4-6-9-15/h4-6,8-9,16H,7,10-14H2,1-3H3,(H,22,27)(H,23,28). The molecule has 0 aromatic heterocycles. The zero-order valence-electron chi connectivity index (χ0n) is 17.6. The predicted molar refractivity (Wildman–Crippen MR) is 108 cm³/mol. The largest absolute Gasteiger partial charge is 0.460 e. The van der Waals surface area contributed by atoms with E-state index in [0.717, 1.165) is 5.56 Å². The van der Waals surface area contributed by atoms with Gasteiger partial charge in [-0.15, -0.1) is 0 Å². The van der Waals surface area contributed by atoms with Crippen molar-refractivity contribution in [3.63, 3.8) is 0 Å². The molecule has 0 bridgehead atoms. The summed E-state index contributed by atoms with van der Waals surface area (Å²) in [6.45, 7) is 5.16. The minimum atomic E-state index is -0.697. The number of nitrogens with one attached hydrogen (secondary N) is 2. The van der Waals surface area contributed by atoms with E-state index in [4.69, 9.17) is 9.47 Å². The third kappa shape index (κ3) is 7.73. The van der Waals surface area contributed by atoms with E-state index in [1.54, 1.807) is 20.8 Å². The van der Waals surface area contributed by atoms with Gasteiger partial charge in [-0.2, -0.15) is 0 Å². The molecule has 9 heteroatoms. The highest BCUT2D eigenvalue weighted by Crippen LogP contribution is 2.17. The van der Waals surface area contributed by atoms with Gasteiger partial charge in [0.15, 0.2) is 0 Å². The summed E-state index contributed by atoms with van der Waals surface area (Å²) in [5, 5.41) is 4.92. The molecule has 1 aromatic rings. The highest BCUT2D eigenvalue weighted by Gasteiger charge is 2.34. The van der Waals surface area contributed by atoms with Crippen LogP contribution in [0.1, 0.15) is 39.2 Å². The summed E-state index contributed by atoms with van der Waals surface area (Å²) in [4.78, 5) is 49.8. The number of hydrogen-bond acceptors (Lipinski definition) is 6. The van der Waals surface area contributed by atoms with Gasteiger partial charge in [-0.05, 0) is 39.2 Å². The molecule has 1 unspecified atom stereocenters. The van der Waals surface area contributed by atoms with Crippen molar-refractivity contribution < 1.29 is 28.7 Å². The summed E-state index contributed by atoms with van der Waals surface area (Å²) >= 11 is 0. The topological polar surface area (TPSA) is 114 Å². The molecule has 0 radical (unpaired) electrons. The lowest BCUT2D eigenvalue weighted by Gasteiger charge is -2.24. The highest BCUT2D eigenvalue weighted by molar-refractivity contribution is 5.91. The Bertz CT molecular complexity index is 760. The van der Waals surface area contributed by atoms with Crippen LogP contribution >= 0.6 is 0 Å². The van der Waals surface area contributed by atoms with Gasteiger partial charge >= 0.3 is 12.1 Å². The van der Waals surface area contributed by atoms with Crippen molar-refractivity contribution in [3.8, 4) is 0 Å². The molecule has 1 atom stereocenters. The van der Waals surface area contributed by atoms with Crippen LogP contribution in [-0.2, 0) is 30.5 Å². The van der Waals surface area contributed by atoms with Crippen LogP contribution in [0.4, 0.5) is 4.79 Å². The van der Waals surface area contributed by atoms with Gasteiger partial charge in [0.05, 0.1) is 0 Å². The number of amides is 3. The molecule has 3 amide bonds. The first-order chi connectivity index (χ1) is 14.2. The Hall–Kier alpha value is -3.10. The fraction of sp³-hybridized carbons (Fsp3) is 0.524. The van der Waals surface area contributed by atoms with Crippen LogP contribution in [0, 0.1) is 0 Å². The molecule has 0 spiro atoms. The Morgan fingerprint density at radius 1 is 1.07 bits per heavy atom. The van der Waals surface area contributed by atoms with Crippen molar-refractivity contribution in [3.05, 3.63) is 35.9 Å². The van der Waals surface area contributed by atoms with Crippen molar-refractivity contribution in [2.75, 3.05) is 19.6 Å². The number of alkyl carbamates (subject to hydrolysis) is 1. The molecule has 1 aliphatic heterocycles. The quantitative estimate of drug-likeness (QED) is 0.645. The second-order valence-corrected chi connectivity index (χ2v) is 7.96. The van der Waals surface area contributed by atoms with Crippen molar-refractivity contribution >= 4 is 23.9 Å². The molecular formula is C21H29N3O6. The Balaban J connectivity index is 1.75. The van der Waals surface area contributed by atoms with E-state index >= 15 is 0 Å². The van der Waals surface area contributed by atoms with E-state index in [9.17, 15) is 19.2 Å². The Morgan fingerprint density at radius 2 is 1.77 bits per heavy atom. The maximum atomic E-state index is 12.4. The minimum Gasteiger partial charge on any atom is -0.460 e. The van der Waals surface area contributed by atoms with Gasteiger partial charge in [-0.3, -0.25) is 14.4 Å². The number of likely N-dealkylation sites (tertiary alicyclic amines) is 1. The first-order valence-electron chi connectivity index (χ1n) is 9.89. The van der Waals surface area contributed by atoms with Gasteiger partial charge in [0.1, 0.15) is 31.3 Å². The van der Waals surface area contributed by atoms with Gasteiger partial charge < -0.3 is 25.0 Å². The average Bonchev–Trinajstić information content (AvgIpc) is 3.18. The molecule has 1 aliphatic rings. The van der Waals surface area contributed by atoms with Gasteiger partial charge in [0.2, 0.25) is 11.8 Å². The van der Waals surface area contributed by atoms with Crippen LogP contribution in [0.25, 0.3) is 0 Å². The monoisotopic (exact) mass is 419 g/mol. The molecule has 0 saturated carbocycles. The van der Waals surface area contributed by atoms with Gasteiger partial charge in [0, 0.05) is 6.54 Å². The van der Waals surface area contributed by atoms with Crippen LogP contribution in [-0.4, -0.2) is 60.1 Å². The molecule has 164 valence electrons. The molecule has 0 aliphatic carbocycles. The third-order valence-electron chi connectivity index (χ3n) is 4.31. The minimum absolute atomic E-state index is 0.125. The fourth-order valence-corrected chi connectivity index (χ4v) is 2.97. The summed E-state index contributed by atoms with van der Waals surface area (Å²) in [7, 11) is 0. The van der Waals surface area contributed by atoms with E-state index in [0.29, 0.717) is 19.4 Å².